The van der Waals surface area contributed by atoms with Crippen LogP contribution in [0.4, 0.5) is 5.69 Å². The number of benzene rings is 1. The zero-order valence-corrected chi connectivity index (χ0v) is 13.6. The molecular formula is C12H17ClN2O5S. The van der Waals surface area contributed by atoms with Crippen molar-refractivity contribution in [2.75, 3.05) is 0 Å². The molecule has 0 fully saturated rings. The molecule has 9 heteroatoms. The summed E-state index contributed by atoms with van der Waals surface area (Å²) in [6, 6.07) is 3.19. The van der Waals surface area contributed by atoms with Crippen LogP contribution in [0.2, 0.25) is 5.02 Å². The fourth-order valence-electron chi connectivity index (χ4n) is 1.32. The fourth-order valence-corrected chi connectivity index (χ4v) is 3.06. The summed E-state index contributed by atoms with van der Waals surface area (Å²) >= 11 is 5.65. The Balaban J connectivity index is 3.27. The van der Waals surface area contributed by atoms with Gasteiger partial charge in [-0.3, -0.25) is 10.1 Å². The van der Waals surface area contributed by atoms with Crippen molar-refractivity contribution >= 4 is 27.3 Å². The van der Waals surface area contributed by atoms with E-state index in [1.165, 1.54) is 27.7 Å². The van der Waals surface area contributed by atoms with E-state index in [-0.39, 0.29) is 9.92 Å². The first-order valence-electron chi connectivity index (χ1n) is 5.98. The highest BCUT2D eigenvalue weighted by molar-refractivity contribution is 7.89. The molecule has 0 radical (unpaired) electrons. The number of nitro benzene ring substituents is 1. The third-order valence-electron chi connectivity index (χ3n) is 3.34. The van der Waals surface area contributed by atoms with Crippen molar-refractivity contribution < 1.29 is 18.4 Å². The summed E-state index contributed by atoms with van der Waals surface area (Å²) in [6.07, 6.45) is 0. The second-order valence-corrected chi connectivity index (χ2v) is 7.75. The third-order valence-corrected chi connectivity index (χ3v) is 5.32. The van der Waals surface area contributed by atoms with Crippen LogP contribution in [0.5, 0.6) is 0 Å². The van der Waals surface area contributed by atoms with Crippen LogP contribution in [0.25, 0.3) is 0 Å². The summed E-state index contributed by atoms with van der Waals surface area (Å²) in [7, 11) is -4.05. The van der Waals surface area contributed by atoms with Crippen LogP contribution >= 0.6 is 11.6 Å². The number of hydrogen-bond donors (Lipinski definition) is 2. The normalized spacial score (nSPS) is 13.2. The lowest BCUT2D eigenvalue weighted by Gasteiger charge is -2.37. The van der Waals surface area contributed by atoms with Gasteiger partial charge in [-0.25, -0.2) is 13.1 Å². The zero-order chi connectivity index (χ0) is 16.6. The molecule has 0 atom stereocenters. The van der Waals surface area contributed by atoms with Crippen molar-refractivity contribution in [2.24, 2.45) is 0 Å². The predicted octanol–water partition coefficient (Wildman–Crippen LogP) is 2.08. The highest BCUT2D eigenvalue weighted by atomic mass is 35.5. The lowest BCUT2D eigenvalue weighted by molar-refractivity contribution is -0.384. The van der Waals surface area contributed by atoms with E-state index in [9.17, 15) is 23.6 Å². The summed E-state index contributed by atoms with van der Waals surface area (Å²) in [5.74, 6) is 0. The average Bonchev–Trinajstić information content (AvgIpc) is 2.25. The Morgan fingerprint density at radius 1 is 1.29 bits per heavy atom. The van der Waals surface area contributed by atoms with Gasteiger partial charge in [-0.1, -0.05) is 11.6 Å². The number of sulfonamides is 1. The zero-order valence-electron chi connectivity index (χ0n) is 12.0. The molecule has 0 saturated carbocycles. The quantitative estimate of drug-likeness (QED) is 0.632. The van der Waals surface area contributed by atoms with Crippen LogP contribution in [-0.4, -0.2) is 29.6 Å². The van der Waals surface area contributed by atoms with Crippen molar-refractivity contribution in [1.82, 2.24) is 4.72 Å². The molecule has 0 amide bonds. The molecule has 0 aliphatic heterocycles. The van der Waals surface area contributed by atoms with Gasteiger partial charge in [0.2, 0.25) is 10.0 Å². The third kappa shape index (κ3) is 3.91. The van der Waals surface area contributed by atoms with Gasteiger partial charge in [-0.2, -0.15) is 0 Å². The molecule has 118 valence electrons. The number of rotatable bonds is 5. The first-order valence-corrected chi connectivity index (χ1v) is 7.84. The van der Waals surface area contributed by atoms with E-state index in [1.807, 2.05) is 0 Å². The second-order valence-electron chi connectivity index (χ2n) is 5.66. The number of nitrogens with zero attached hydrogens (tertiary/aromatic N) is 1. The minimum absolute atomic E-state index is 0.152. The van der Waals surface area contributed by atoms with E-state index in [1.54, 1.807) is 0 Å². The number of aliphatic hydroxyl groups is 1. The number of hydrogen-bond acceptors (Lipinski definition) is 5. The number of nitrogens with one attached hydrogen (secondary N) is 1. The van der Waals surface area contributed by atoms with E-state index in [0.29, 0.717) is 0 Å². The summed E-state index contributed by atoms with van der Waals surface area (Å²) in [6.45, 7) is 5.93. The summed E-state index contributed by atoms with van der Waals surface area (Å²) in [4.78, 5) is 9.75. The van der Waals surface area contributed by atoms with Gasteiger partial charge < -0.3 is 5.11 Å². The molecule has 1 aromatic rings. The molecule has 0 heterocycles. The van der Waals surface area contributed by atoms with Gasteiger partial charge in [0.15, 0.2) is 0 Å². The minimum Gasteiger partial charge on any atom is -0.389 e. The van der Waals surface area contributed by atoms with Crippen LogP contribution in [0.3, 0.4) is 0 Å². The van der Waals surface area contributed by atoms with Crippen molar-refractivity contribution in [1.29, 1.82) is 0 Å². The monoisotopic (exact) mass is 336 g/mol. The highest BCUT2D eigenvalue weighted by Gasteiger charge is 2.39. The number of halogens is 1. The Morgan fingerprint density at radius 2 is 1.81 bits per heavy atom. The van der Waals surface area contributed by atoms with Gasteiger partial charge in [-0.15, -0.1) is 0 Å². The van der Waals surface area contributed by atoms with Gasteiger partial charge in [0, 0.05) is 6.07 Å². The van der Waals surface area contributed by atoms with E-state index >= 15 is 0 Å². The molecule has 0 aromatic heterocycles. The molecule has 0 aliphatic carbocycles. The minimum atomic E-state index is -4.05. The Bertz CT molecular complexity index is 665. The topological polar surface area (TPSA) is 110 Å². The molecule has 7 nitrogen and oxygen atoms in total. The largest absolute Gasteiger partial charge is 0.389 e. The van der Waals surface area contributed by atoms with Gasteiger partial charge >= 0.3 is 0 Å². The maximum absolute atomic E-state index is 12.3. The van der Waals surface area contributed by atoms with E-state index < -0.39 is 31.8 Å². The Hall–Kier alpha value is -1.22. The van der Waals surface area contributed by atoms with Crippen molar-refractivity contribution in [3.63, 3.8) is 0 Å². The van der Waals surface area contributed by atoms with Crippen LogP contribution < -0.4 is 4.72 Å². The maximum atomic E-state index is 12.3. The van der Waals surface area contributed by atoms with Crippen LogP contribution in [0.1, 0.15) is 27.7 Å². The standard InChI is InChI=1S/C12H17ClN2O5S/c1-11(2,12(3,4)16)14-21(19,20)8-5-6-9(13)10(7-8)15(17)18/h5-7,14,16H,1-4H3. The first-order chi connectivity index (χ1) is 9.28. The summed E-state index contributed by atoms with van der Waals surface area (Å²) in [5.41, 5.74) is -3.01. The van der Waals surface area contributed by atoms with Gasteiger partial charge in [0.05, 0.1) is 21.0 Å². The Labute approximate surface area is 128 Å². The fraction of sp³-hybridized carbons (Fsp3) is 0.500. The lowest BCUT2D eigenvalue weighted by Crippen LogP contribution is -2.57. The molecule has 1 aromatic carbocycles. The molecule has 21 heavy (non-hydrogen) atoms. The Kier molecular flexibility index (Phi) is 4.69. The smallest absolute Gasteiger partial charge is 0.289 e. The first kappa shape index (κ1) is 17.8. The summed E-state index contributed by atoms with van der Waals surface area (Å²) < 4.78 is 26.9. The van der Waals surface area contributed by atoms with E-state index in [2.05, 4.69) is 4.72 Å². The molecule has 0 saturated heterocycles. The SMILES string of the molecule is CC(C)(O)C(C)(C)NS(=O)(=O)c1ccc(Cl)c([N+](=O)[O-])c1. The molecule has 0 spiro atoms. The lowest BCUT2D eigenvalue weighted by atomic mass is 9.87. The van der Waals surface area contributed by atoms with E-state index in [4.69, 9.17) is 11.6 Å². The second kappa shape index (κ2) is 5.53. The molecule has 2 N–H and O–H groups in total. The average molecular weight is 337 g/mol. The molecular weight excluding hydrogens is 320 g/mol. The predicted molar refractivity (Wildman–Crippen MR) is 78.8 cm³/mol. The highest BCUT2D eigenvalue weighted by Crippen LogP contribution is 2.29. The van der Waals surface area contributed by atoms with Crippen molar-refractivity contribution in [3.8, 4) is 0 Å². The van der Waals surface area contributed by atoms with Crippen LogP contribution in [0.15, 0.2) is 23.1 Å². The van der Waals surface area contributed by atoms with Gasteiger partial charge in [-0.05, 0) is 39.8 Å². The molecule has 0 unspecified atom stereocenters. The number of nitro groups is 1. The Morgan fingerprint density at radius 3 is 2.24 bits per heavy atom. The molecule has 0 bridgehead atoms. The van der Waals surface area contributed by atoms with Crippen LogP contribution in [0, 0.1) is 10.1 Å². The van der Waals surface area contributed by atoms with E-state index in [0.717, 1.165) is 18.2 Å². The van der Waals surface area contributed by atoms with Gasteiger partial charge in [0.25, 0.3) is 5.69 Å². The van der Waals surface area contributed by atoms with Crippen molar-refractivity contribution in [3.05, 3.63) is 33.3 Å². The van der Waals surface area contributed by atoms with Gasteiger partial charge in [0.1, 0.15) is 5.02 Å². The molecule has 0 aliphatic rings. The van der Waals surface area contributed by atoms with Crippen LogP contribution in [-0.2, 0) is 10.0 Å². The van der Waals surface area contributed by atoms with Crippen molar-refractivity contribution in [2.45, 2.75) is 43.7 Å². The molecule has 1 rings (SSSR count). The summed E-state index contributed by atoms with van der Waals surface area (Å²) in [5, 5.41) is 20.6. The maximum Gasteiger partial charge on any atom is 0.289 e.